The lowest BCUT2D eigenvalue weighted by Gasteiger charge is -2.14. The molecule has 0 spiro atoms. The molecule has 0 N–H and O–H groups in total. The fourth-order valence-electron chi connectivity index (χ4n) is 2.28. The third-order valence-electron chi connectivity index (χ3n) is 3.65. The van der Waals surface area contributed by atoms with Gasteiger partial charge >= 0.3 is 0 Å². The Labute approximate surface area is 172 Å². The first-order valence-corrected chi connectivity index (χ1v) is 9.26. The third kappa shape index (κ3) is 4.99. The highest BCUT2D eigenvalue weighted by Gasteiger charge is 2.09. The van der Waals surface area contributed by atoms with E-state index in [1.165, 1.54) is 0 Å². The number of hydrogen-bond donors (Lipinski definition) is 0. The largest absolute Gasteiger partial charge is 0.485 e. The summed E-state index contributed by atoms with van der Waals surface area (Å²) in [4.78, 5) is 0. The second-order valence-electron chi connectivity index (χ2n) is 5.50. The minimum absolute atomic E-state index is 0.304. The summed E-state index contributed by atoms with van der Waals surface area (Å²) < 4.78 is 11.8. The first-order chi connectivity index (χ1) is 12.5. The van der Waals surface area contributed by atoms with Crippen LogP contribution in [0.5, 0.6) is 11.5 Å². The van der Waals surface area contributed by atoms with E-state index >= 15 is 0 Å². The molecular weight excluding hydrogens is 414 g/mol. The topological polar surface area (TPSA) is 18.5 Å². The van der Waals surface area contributed by atoms with Crippen molar-refractivity contribution in [2.24, 2.45) is 0 Å². The van der Waals surface area contributed by atoms with Gasteiger partial charge in [-0.25, -0.2) is 0 Å². The molecule has 0 atom stereocenters. The van der Waals surface area contributed by atoms with Gasteiger partial charge in [-0.1, -0.05) is 70.7 Å². The minimum Gasteiger partial charge on any atom is -0.485 e. The second kappa shape index (κ2) is 8.88. The zero-order valence-corrected chi connectivity index (χ0v) is 16.5. The number of halogens is 4. The molecule has 0 aromatic heterocycles. The zero-order valence-electron chi connectivity index (χ0n) is 13.5. The number of ether oxygens (including phenoxy) is 2. The first-order valence-electron chi connectivity index (χ1n) is 7.75. The highest BCUT2D eigenvalue weighted by molar-refractivity contribution is 6.35. The lowest BCUT2D eigenvalue weighted by Crippen LogP contribution is -2.01. The normalized spacial score (nSPS) is 10.6. The summed E-state index contributed by atoms with van der Waals surface area (Å²) in [6.45, 7) is 0.607. The predicted molar refractivity (Wildman–Crippen MR) is 108 cm³/mol. The number of benzene rings is 3. The Kier molecular flexibility index (Phi) is 6.55. The van der Waals surface area contributed by atoms with Crippen molar-refractivity contribution in [3.8, 4) is 11.5 Å². The van der Waals surface area contributed by atoms with Crippen LogP contribution in [-0.4, -0.2) is 0 Å². The maximum absolute atomic E-state index is 6.19. The zero-order chi connectivity index (χ0) is 18.5. The van der Waals surface area contributed by atoms with Gasteiger partial charge in [-0.05, 0) is 36.4 Å². The van der Waals surface area contributed by atoms with Crippen LogP contribution in [-0.2, 0) is 13.2 Å². The van der Waals surface area contributed by atoms with E-state index < -0.39 is 0 Å². The van der Waals surface area contributed by atoms with Gasteiger partial charge in [0.25, 0.3) is 0 Å². The number of hydrogen-bond acceptors (Lipinski definition) is 2. The van der Waals surface area contributed by atoms with Crippen molar-refractivity contribution in [2.45, 2.75) is 13.2 Å². The Bertz CT molecular complexity index is 838. The van der Waals surface area contributed by atoms with Crippen molar-refractivity contribution >= 4 is 46.4 Å². The van der Waals surface area contributed by atoms with E-state index in [4.69, 9.17) is 55.9 Å². The Morgan fingerprint density at radius 2 is 1.00 bits per heavy atom. The quantitative estimate of drug-likeness (QED) is 0.406. The molecule has 0 unspecified atom stereocenters. The van der Waals surface area contributed by atoms with Crippen molar-refractivity contribution in [3.63, 3.8) is 0 Å². The summed E-state index contributed by atoms with van der Waals surface area (Å²) in [6.07, 6.45) is 0. The number of rotatable bonds is 6. The molecule has 0 saturated carbocycles. The fourth-order valence-corrected chi connectivity index (χ4v) is 3.20. The van der Waals surface area contributed by atoms with E-state index in [2.05, 4.69) is 0 Å². The molecule has 6 heteroatoms. The van der Waals surface area contributed by atoms with Gasteiger partial charge in [0, 0.05) is 31.2 Å². The van der Waals surface area contributed by atoms with Crippen molar-refractivity contribution in [1.82, 2.24) is 0 Å². The van der Waals surface area contributed by atoms with Gasteiger partial charge in [0.15, 0.2) is 11.5 Å². The van der Waals surface area contributed by atoms with Gasteiger partial charge in [-0.2, -0.15) is 0 Å². The maximum atomic E-state index is 6.19. The molecule has 0 aliphatic rings. The molecule has 0 radical (unpaired) electrons. The monoisotopic (exact) mass is 426 g/mol. The summed E-state index contributed by atoms with van der Waals surface area (Å²) in [6, 6.07) is 18.0. The molecule has 2 nitrogen and oxygen atoms in total. The van der Waals surface area contributed by atoms with Gasteiger partial charge in [-0.3, -0.25) is 0 Å². The molecule has 3 aromatic carbocycles. The molecule has 0 fully saturated rings. The second-order valence-corrected chi connectivity index (χ2v) is 7.18. The van der Waals surface area contributed by atoms with Crippen LogP contribution in [0.15, 0.2) is 60.7 Å². The molecule has 134 valence electrons. The Balaban J connectivity index is 1.69. The molecule has 0 bridgehead atoms. The lowest BCUT2D eigenvalue weighted by atomic mass is 10.2. The van der Waals surface area contributed by atoms with E-state index in [1.807, 2.05) is 36.4 Å². The van der Waals surface area contributed by atoms with E-state index in [9.17, 15) is 0 Å². The Morgan fingerprint density at radius 1 is 0.577 bits per heavy atom. The van der Waals surface area contributed by atoms with Crippen LogP contribution >= 0.6 is 46.4 Å². The Hall–Kier alpha value is -1.58. The summed E-state index contributed by atoms with van der Waals surface area (Å²) in [5.74, 6) is 1.23. The molecule has 0 saturated heterocycles. The average molecular weight is 428 g/mol. The molecule has 26 heavy (non-hydrogen) atoms. The maximum Gasteiger partial charge on any atom is 0.161 e. The van der Waals surface area contributed by atoms with Gasteiger partial charge in [0.05, 0.1) is 0 Å². The van der Waals surface area contributed by atoms with Crippen LogP contribution in [0.2, 0.25) is 20.1 Å². The average Bonchev–Trinajstić information content (AvgIpc) is 2.61. The molecular formula is C20H14Cl4O2. The van der Waals surface area contributed by atoms with E-state index in [-0.39, 0.29) is 0 Å². The Morgan fingerprint density at radius 3 is 1.38 bits per heavy atom. The molecule has 3 aromatic rings. The van der Waals surface area contributed by atoms with Gasteiger partial charge in [0.2, 0.25) is 0 Å². The van der Waals surface area contributed by atoms with E-state index in [0.717, 1.165) is 11.1 Å². The van der Waals surface area contributed by atoms with Crippen molar-refractivity contribution in [1.29, 1.82) is 0 Å². The third-order valence-corrected chi connectivity index (χ3v) is 4.82. The number of para-hydroxylation sites is 2. The standard InChI is InChI=1S/C20H14Cl4O2/c21-15-7-5-13(17(23)9-15)11-25-19-3-1-2-4-20(19)26-12-14-6-8-16(22)10-18(14)24/h1-10H,11-12H2. The van der Waals surface area contributed by atoms with Gasteiger partial charge in [0.1, 0.15) is 13.2 Å². The fraction of sp³-hybridized carbons (Fsp3) is 0.100. The molecule has 0 aliphatic carbocycles. The van der Waals surface area contributed by atoms with Crippen molar-refractivity contribution in [2.75, 3.05) is 0 Å². The molecule has 0 aliphatic heterocycles. The van der Waals surface area contributed by atoms with Crippen LogP contribution in [0, 0.1) is 0 Å². The molecule has 0 amide bonds. The minimum atomic E-state index is 0.304. The lowest BCUT2D eigenvalue weighted by molar-refractivity contribution is 0.256. The summed E-state index contributed by atoms with van der Waals surface area (Å²) in [7, 11) is 0. The van der Waals surface area contributed by atoms with Crippen LogP contribution in [0.3, 0.4) is 0 Å². The highest BCUT2D eigenvalue weighted by atomic mass is 35.5. The van der Waals surface area contributed by atoms with Crippen molar-refractivity contribution < 1.29 is 9.47 Å². The first kappa shape index (κ1) is 19.2. The van der Waals surface area contributed by atoms with Gasteiger partial charge < -0.3 is 9.47 Å². The van der Waals surface area contributed by atoms with Gasteiger partial charge in [-0.15, -0.1) is 0 Å². The molecule has 0 heterocycles. The van der Waals surface area contributed by atoms with Crippen molar-refractivity contribution in [3.05, 3.63) is 91.9 Å². The van der Waals surface area contributed by atoms with Crippen LogP contribution < -0.4 is 9.47 Å². The summed E-state index contributed by atoms with van der Waals surface area (Å²) >= 11 is 24.2. The van der Waals surface area contributed by atoms with Crippen LogP contribution in [0.25, 0.3) is 0 Å². The smallest absolute Gasteiger partial charge is 0.161 e. The summed E-state index contributed by atoms with van der Waals surface area (Å²) in [5.41, 5.74) is 1.68. The molecule has 3 rings (SSSR count). The van der Waals surface area contributed by atoms with E-state index in [1.54, 1.807) is 24.3 Å². The van der Waals surface area contributed by atoms with Crippen LogP contribution in [0.1, 0.15) is 11.1 Å². The SMILES string of the molecule is Clc1ccc(COc2ccccc2OCc2ccc(Cl)cc2Cl)c(Cl)c1. The highest BCUT2D eigenvalue weighted by Crippen LogP contribution is 2.30. The predicted octanol–water partition coefficient (Wildman–Crippen LogP) is 7.46. The van der Waals surface area contributed by atoms with Crippen LogP contribution in [0.4, 0.5) is 0 Å². The van der Waals surface area contributed by atoms with E-state index in [0.29, 0.717) is 44.8 Å². The summed E-state index contributed by atoms with van der Waals surface area (Å²) in [5, 5.41) is 2.29.